The first kappa shape index (κ1) is 29.5. The molecule has 0 heterocycles. The van der Waals surface area contributed by atoms with Gasteiger partial charge in [-0.05, 0) is 0 Å². The van der Waals surface area contributed by atoms with E-state index in [0.717, 1.165) is 0 Å². The Morgan fingerprint density at radius 1 is 0.767 bits per heavy atom. The Morgan fingerprint density at radius 3 is 1.73 bits per heavy atom. The van der Waals surface area contributed by atoms with Gasteiger partial charge in [0.05, 0.1) is 0 Å². The Hall–Kier alpha value is -0.496. The number of unbranched alkanes of at least 4 members (excludes halogenated alkanes) is 2. The van der Waals surface area contributed by atoms with Crippen LogP contribution < -0.4 is 37.2 Å². The summed E-state index contributed by atoms with van der Waals surface area (Å²) in [6.45, 7) is 4.60. The van der Waals surface area contributed by atoms with Crippen molar-refractivity contribution in [2.24, 2.45) is 0 Å². The number of hydrogen-bond acceptors (Lipinski definition) is 0. The first-order valence-electron chi connectivity index (χ1n) is 10.4. The van der Waals surface area contributed by atoms with Gasteiger partial charge in [0, 0.05) is 0 Å². The summed E-state index contributed by atoms with van der Waals surface area (Å²) in [5.74, 6) is 0. The number of benzene rings is 2. The Balaban J connectivity index is 0.00000280. The molecular formula is C26H31Cl3Ti. The zero-order valence-electron chi connectivity index (χ0n) is 17.9. The SMILES string of the molecule is CCCCC1=CC=C[C]1([Ti+3])C(CCCC)(c1ccccc1)c1ccccc1.[Cl-].[Cl-].[Cl-]. The molecule has 0 saturated carbocycles. The normalized spacial score (nSPS) is 17.4. The molecule has 0 radical (unpaired) electrons. The monoisotopic (exact) mass is 496 g/mol. The van der Waals surface area contributed by atoms with Crippen LogP contribution in [0.3, 0.4) is 0 Å². The van der Waals surface area contributed by atoms with Crippen molar-refractivity contribution in [2.45, 2.75) is 61.5 Å². The van der Waals surface area contributed by atoms with Gasteiger partial charge in [-0.15, -0.1) is 0 Å². The average Bonchev–Trinajstić information content (AvgIpc) is 3.10. The average molecular weight is 498 g/mol. The first-order chi connectivity index (χ1) is 13.2. The van der Waals surface area contributed by atoms with Gasteiger partial charge in [0.1, 0.15) is 0 Å². The maximum absolute atomic E-state index is 2.48. The van der Waals surface area contributed by atoms with Crippen molar-refractivity contribution in [1.29, 1.82) is 0 Å². The molecule has 4 heteroatoms. The van der Waals surface area contributed by atoms with E-state index in [9.17, 15) is 0 Å². The van der Waals surface area contributed by atoms with Crippen molar-refractivity contribution in [2.75, 3.05) is 0 Å². The van der Waals surface area contributed by atoms with Crippen molar-refractivity contribution in [3.63, 3.8) is 0 Å². The van der Waals surface area contributed by atoms with Crippen LogP contribution in [-0.4, -0.2) is 0 Å². The van der Waals surface area contributed by atoms with Crippen LogP contribution in [0.2, 0.25) is 3.72 Å². The summed E-state index contributed by atoms with van der Waals surface area (Å²) in [6, 6.07) is 22.5. The van der Waals surface area contributed by atoms with Crippen LogP contribution in [0.25, 0.3) is 0 Å². The summed E-state index contributed by atoms with van der Waals surface area (Å²) >= 11 is 2.48. The molecule has 0 nitrogen and oxygen atoms in total. The topological polar surface area (TPSA) is 0 Å². The predicted octanol–water partition coefficient (Wildman–Crippen LogP) is -1.43. The molecular weight excluding hydrogens is 467 g/mol. The molecule has 2 aromatic rings. The second kappa shape index (κ2) is 13.8. The summed E-state index contributed by atoms with van der Waals surface area (Å²) in [4.78, 5) is 0. The van der Waals surface area contributed by atoms with E-state index in [-0.39, 0.29) is 46.4 Å². The van der Waals surface area contributed by atoms with E-state index in [1.54, 1.807) is 5.57 Å². The van der Waals surface area contributed by atoms with E-state index in [0.29, 0.717) is 0 Å². The molecule has 0 amide bonds. The zero-order chi connectivity index (χ0) is 19.2. The molecule has 3 rings (SSSR count). The molecule has 1 unspecified atom stereocenters. The molecule has 1 aliphatic rings. The molecule has 160 valence electrons. The third-order valence-corrected chi connectivity index (χ3v) is 7.49. The largest absolute Gasteiger partial charge is 1.00 e. The minimum absolute atomic E-state index is 0. The van der Waals surface area contributed by atoms with Crippen molar-refractivity contribution < 1.29 is 57.7 Å². The molecule has 0 saturated heterocycles. The Morgan fingerprint density at radius 2 is 1.27 bits per heavy atom. The number of allylic oxidation sites excluding steroid dienone is 4. The van der Waals surface area contributed by atoms with Gasteiger partial charge in [-0.25, -0.2) is 0 Å². The van der Waals surface area contributed by atoms with Gasteiger partial charge in [-0.3, -0.25) is 0 Å². The molecule has 1 atom stereocenters. The van der Waals surface area contributed by atoms with Gasteiger partial charge in [0.2, 0.25) is 0 Å². The van der Waals surface area contributed by atoms with Crippen LogP contribution in [0.4, 0.5) is 0 Å². The van der Waals surface area contributed by atoms with Crippen molar-refractivity contribution in [3.8, 4) is 0 Å². The minimum atomic E-state index is -0.0297. The van der Waals surface area contributed by atoms with Gasteiger partial charge in [-0.1, -0.05) is 0 Å². The van der Waals surface area contributed by atoms with Crippen LogP contribution in [0, 0.1) is 0 Å². The minimum Gasteiger partial charge on any atom is -1.00 e. The maximum Gasteiger partial charge on any atom is -1.00 e. The number of rotatable bonds is 9. The number of halogens is 3. The summed E-state index contributed by atoms with van der Waals surface area (Å²) in [5, 5.41) is 0. The second-order valence-electron chi connectivity index (χ2n) is 7.70. The van der Waals surface area contributed by atoms with Crippen LogP contribution in [0.5, 0.6) is 0 Å². The molecule has 0 spiro atoms. The standard InChI is InChI=1S/C26H31.3ClH.Ti/c1-3-5-14-22-15-13-20-25(22)26(21-6-4-2,23-16-9-7-10-17-23)24-18-11-8-12-19-24;;;;/h7-13,15-20H,3-6,14,21H2,1-2H3;3*1H;/q;;;;+3/p-3. The smallest absolute Gasteiger partial charge is 1.00 e. The van der Waals surface area contributed by atoms with Crippen molar-refractivity contribution >= 4 is 0 Å². The van der Waals surface area contributed by atoms with Crippen molar-refractivity contribution in [3.05, 3.63) is 95.6 Å². The Labute approximate surface area is 213 Å². The molecule has 0 aromatic heterocycles. The molecule has 2 aromatic carbocycles. The summed E-state index contributed by atoms with van der Waals surface area (Å²) in [6.07, 6.45) is 14.5. The van der Waals surface area contributed by atoms with E-state index in [2.05, 4.69) is 113 Å². The summed E-state index contributed by atoms with van der Waals surface area (Å²) in [5.41, 5.74) is 4.45. The van der Waals surface area contributed by atoms with Crippen molar-refractivity contribution in [1.82, 2.24) is 0 Å². The van der Waals surface area contributed by atoms with Gasteiger partial charge in [0.15, 0.2) is 0 Å². The van der Waals surface area contributed by atoms with E-state index in [1.165, 1.54) is 49.7 Å². The Bertz CT molecular complexity index is 747. The fraction of sp³-hybridized carbons (Fsp3) is 0.385. The number of hydrogen-bond donors (Lipinski definition) is 0. The third kappa shape index (κ3) is 5.64. The van der Waals surface area contributed by atoms with Gasteiger partial charge in [-0.2, -0.15) is 0 Å². The first-order valence-corrected chi connectivity index (χ1v) is 11.2. The van der Waals surface area contributed by atoms with E-state index in [4.69, 9.17) is 0 Å². The third-order valence-electron chi connectivity index (χ3n) is 6.06. The molecule has 1 aliphatic carbocycles. The van der Waals surface area contributed by atoms with E-state index < -0.39 is 0 Å². The maximum atomic E-state index is 2.48. The van der Waals surface area contributed by atoms with Crippen LogP contribution in [0.15, 0.2) is 84.5 Å². The molecule has 30 heavy (non-hydrogen) atoms. The fourth-order valence-corrected chi connectivity index (χ4v) is 5.73. The van der Waals surface area contributed by atoms with E-state index >= 15 is 0 Å². The Kier molecular flexibility index (Phi) is 13.6. The van der Waals surface area contributed by atoms with Gasteiger partial charge >= 0.3 is 178 Å². The second-order valence-corrected chi connectivity index (χ2v) is 8.94. The zero-order valence-corrected chi connectivity index (χ0v) is 21.7. The van der Waals surface area contributed by atoms with Crippen LogP contribution in [0.1, 0.15) is 63.5 Å². The molecule has 0 fully saturated rings. The molecule has 0 aliphatic heterocycles. The van der Waals surface area contributed by atoms with Gasteiger partial charge in [0.25, 0.3) is 0 Å². The summed E-state index contributed by atoms with van der Waals surface area (Å²) < 4.78 is 0.0139. The fourth-order valence-electron chi connectivity index (χ4n) is 4.61. The predicted molar refractivity (Wildman–Crippen MR) is 113 cm³/mol. The van der Waals surface area contributed by atoms with Crippen LogP contribution >= 0.6 is 0 Å². The molecule has 0 bridgehead atoms. The summed E-state index contributed by atoms with van der Waals surface area (Å²) in [7, 11) is 0. The molecule has 0 N–H and O–H groups in total. The quantitative estimate of drug-likeness (QED) is 0.373. The van der Waals surface area contributed by atoms with Gasteiger partial charge < -0.3 is 37.2 Å². The van der Waals surface area contributed by atoms with E-state index in [1.807, 2.05) is 0 Å². The van der Waals surface area contributed by atoms with Crippen LogP contribution in [-0.2, 0) is 25.9 Å².